The van der Waals surface area contributed by atoms with Crippen LogP contribution >= 0.6 is 0 Å². The van der Waals surface area contributed by atoms with Crippen LogP contribution in [0.3, 0.4) is 0 Å². The van der Waals surface area contributed by atoms with Crippen LogP contribution in [0.1, 0.15) is 36.1 Å². The fourth-order valence-corrected chi connectivity index (χ4v) is 2.86. The summed E-state index contributed by atoms with van der Waals surface area (Å²) in [6.07, 6.45) is 1.97. The first-order valence-corrected chi connectivity index (χ1v) is 8.42. The molecule has 0 saturated carbocycles. The lowest BCUT2D eigenvalue weighted by Crippen LogP contribution is -2.12. The Morgan fingerprint density at radius 1 is 1.29 bits per heavy atom. The van der Waals surface area contributed by atoms with Crippen LogP contribution in [0.25, 0.3) is 0 Å². The minimum Gasteiger partial charge on any atom is -0.381 e. The Morgan fingerprint density at radius 3 is 2.83 bits per heavy atom. The number of anilines is 2. The third-order valence-electron chi connectivity index (χ3n) is 4.13. The molecule has 0 aromatic carbocycles. The number of hydrogen-bond donors (Lipinski definition) is 2. The van der Waals surface area contributed by atoms with Gasteiger partial charge in [-0.3, -0.25) is 4.68 Å². The van der Waals surface area contributed by atoms with Gasteiger partial charge in [-0.1, -0.05) is 0 Å². The number of hydrogen-bond acceptors (Lipinski definition) is 7. The second-order valence-corrected chi connectivity index (χ2v) is 6.02. The molecule has 1 aliphatic rings. The Bertz CT molecular complexity index is 679. The fraction of sp³-hybridized carbons (Fsp3) is 0.625. The maximum Gasteiger partial charge on any atom is 0.224 e. The Labute approximate surface area is 142 Å². The molecule has 0 spiro atoms. The topological polar surface area (TPSA) is 89.8 Å². The number of ether oxygens (including phenoxy) is 1. The van der Waals surface area contributed by atoms with Crippen LogP contribution in [0.5, 0.6) is 0 Å². The molecular formula is C16H25N7O. The van der Waals surface area contributed by atoms with E-state index in [0.717, 1.165) is 62.3 Å². The molecular weight excluding hydrogens is 306 g/mol. The summed E-state index contributed by atoms with van der Waals surface area (Å²) in [5.41, 5.74) is 1.04. The average Bonchev–Trinajstić information content (AvgIpc) is 3.21. The van der Waals surface area contributed by atoms with Crippen molar-refractivity contribution in [1.82, 2.24) is 24.7 Å². The van der Waals surface area contributed by atoms with Crippen molar-refractivity contribution >= 4 is 11.8 Å². The number of aryl methyl sites for hydroxylation is 3. The molecule has 130 valence electrons. The highest BCUT2D eigenvalue weighted by Crippen LogP contribution is 2.25. The molecule has 0 amide bonds. The number of nitrogens with zero attached hydrogens (tertiary/aromatic N) is 5. The summed E-state index contributed by atoms with van der Waals surface area (Å²) in [6.45, 7) is 7.10. The van der Waals surface area contributed by atoms with Gasteiger partial charge in [-0.15, -0.1) is 0 Å². The summed E-state index contributed by atoms with van der Waals surface area (Å²) >= 11 is 0. The molecule has 2 N–H and O–H groups in total. The van der Waals surface area contributed by atoms with E-state index in [-0.39, 0.29) is 0 Å². The van der Waals surface area contributed by atoms with Crippen LogP contribution in [-0.4, -0.2) is 51.5 Å². The van der Waals surface area contributed by atoms with E-state index in [0.29, 0.717) is 11.9 Å². The number of nitrogens with one attached hydrogen (secondary N) is 2. The Morgan fingerprint density at radius 2 is 2.17 bits per heavy atom. The SMILES string of the molecule is CNc1nc(NCCCn2nc(C)nc2C)cc(C2CCOC2)n1. The van der Waals surface area contributed by atoms with Crippen molar-refractivity contribution in [3.8, 4) is 0 Å². The highest BCUT2D eigenvalue weighted by molar-refractivity contribution is 5.43. The van der Waals surface area contributed by atoms with E-state index < -0.39 is 0 Å². The van der Waals surface area contributed by atoms with Crippen LogP contribution in [0.15, 0.2) is 6.07 Å². The van der Waals surface area contributed by atoms with E-state index >= 15 is 0 Å². The molecule has 1 fully saturated rings. The molecule has 0 aliphatic carbocycles. The molecule has 1 atom stereocenters. The van der Waals surface area contributed by atoms with Crippen molar-refractivity contribution in [2.45, 2.75) is 39.2 Å². The van der Waals surface area contributed by atoms with Crippen LogP contribution < -0.4 is 10.6 Å². The van der Waals surface area contributed by atoms with Crippen LogP contribution in [-0.2, 0) is 11.3 Å². The number of aromatic nitrogens is 5. The molecule has 2 aromatic heterocycles. The smallest absolute Gasteiger partial charge is 0.224 e. The van der Waals surface area contributed by atoms with Gasteiger partial charge in [0.25, 0.3) is 0 Å². The average molecular weight is 331 g/mol. The van der Waals surface area contributed by atoms with Crippen molar-refractivity contribution in [2.75, 3.05) is 37.4 Å². The van der Waals surface area contributed by atoms with E-state index in [2.05, 4.69) is 30.7 Å². The van der Waals surface area contributed by atoms with Gasteiger partial charge < -0.3 is 15.4 Å². The standard InChI is InChI=1S/C16H25N7O/c1-11-19-12(2)23(22-11)7-4-6-18-15-9-14(13-5-8-24-10-13)20-16(17-3)21-15/h9,13H,4-8,10H2,1-3H3,(H2,17,18,20,21). The van der Waals surface area contributed by atoms with E-state index in [1.54, 1.807) is 0 Å². The van der Waals surface area contributed by atoms with Gasteiger partial charge in [0.2, 0.25) is 5.95 Å². The Hall–Kier alpha value is -2.22. The van der Waals surface area contributed by atoms with Gasteiger partial charge in [0.15, 0.2) is 0 Å². The summed E-state index contributed by atoms with van der Waals surface area (Å²) in [4.78, 5) is 13.4. The molecule has 8 heteroatoms. The van der Waals surface area contributed by atoms with Gasteiger partial charge in [-0.25, -0.2) is 9.97 Å². The molecule has 1 unspecified atom stereocenters. The zero-order valence-electron chi connectivity index (χ0n) is 14.5. The normalized spacial score (nSPS) is 17.2. The van der Waals surface area contributed by atoms with Crippen molar-refractivity contribution in [2.24, 2.45) is 0 Å². The van der Waals surface area contributed by atoms with Gasteiger partial charge in [0.05, 0.1) is 12.3 Å². The third kappa shape index (κ3) is 4.00. The first-order chi connectivity index (χ1) is 11.7. The van der Waals surface area contributed by atoms with Gasteiger partial charge in [-0.05, 0) is 26.7 Å². The lowest BCUT2D eigenvalue weighted by molar-refractivity contribution is 0.193. The highest BCUT2D eigenvalue weighted by atomic mass is 16.5. The van der Waals surface area contributed by atoms with Gasteiger partial charge in [0, 0.05) is 38.7 Å². The molecule has 1 saturated heterocycles. The van der Waals surface area contributed by atoms with Crippen LogP contribution in [0.4, 0.5) is 11.8 Å². The first-order valence-electron chi connectivity index (χ1n) is 8.42. The molecule has 3 rings (SSSR count). The summed E-state index contributed by atoms with van der Waals surface area (Å²) in [6, 6.07) is 2.03. The summed E-state index contributed by atoms with van der Waals surface area (Å²) < 4.78 is 7.41. The van der Waals surface area contributed by atoms with E-state index in [1.165, 1.54) is 0 Å². The summed E-state index contributed by atoms with van der Waals surface area (Å²) in [7, 11) is 1.84. The highest BCUT2D eigenvalue weighted by Gasteiger charge is 2.20. The monoisotopic (exact) mass is 331 g/mol. The lowest BCUT2D eigenvalue weighted by Gasteiger charge is -2.12. The number of rotatable bonds is 7. The second kappa shape index (κ2) is 7.57. The summed E-state index contributed by atoms with van der Waals surface area (Å²) in [5, 5.41) is 10.8. The molecule has 2 aromatic rings. The molecule has 0 bridgehead atoms. The van der Waals surface area contributed by atoms with Gasteiger partial charge in [0.1, 0.15) is 17.5 Å². The lowest BCUT2D eigenvalue weighted by atomic mass is 10.0. The molecule has 1 aliphatic heterocycles. The molecule has 0 radical (unpaired) electrons. The molecule has 8 nitrogen and oxygen atoms in total. The quantitative estimate of drug-likeness (QED) is 0.747. The fourth-order valence-electron chi connectivity index (χ4n) is 2.86. The predicted molar refractivity (Wildman–Crippen MR) is 92.4 cm³/mol. The second-order valence-electron chi connectivity index (χ2n) is 6.02. The molecule has 24 heavy (non-hydrogen) atoms. The van der Waals surface area contributed by atoms with Crippen LogP contribution in [0.2, 0.25) is 0 Å². The molecule has 3 heterocycles. The van der Waals surface area contributed by atoms with E-state index in [9.17, 15) is 0 Å². The first kappa shape index (κ1) is 16.6. The van der Waals surface area contributed by atoms with Crippen molar-refractivity contribution < 1.29 is 4.74 Å². The van der Waals surface area contributed by atoms with Crippen LogP contribution in [0, 0.1) is 13.8 Å². The Balaban J connectivity index is 1.57. The van der Waals surface area contributed by atoms with E-state index in [4.69, 9.17) is 4.74 Å². The maximum absolute atomic E-state index is 5.47. The van der Waals surface area contributed by atoms with Gasteiger partial charge in [-0.2, -0.15) is 10.1 Å². The van der Waals surface area contributed by atoms with Crippen molar-refractivity contribution in [1.29, 1.82) is 0 Å². The van der Waals surface area contributed by atoms with Crippen molar-refractivity contribution in [3.05, 3.63) is 23.4 Å². The third-order valence-corrected chi connectivity index (χ3v) is 4.13. The predicted octanol–water partition coefficient (Wildman–Crippen LogP) is 1.73. The largest absolute Gasteiger partial charge is 0.381 e. The summed E-state index contributed by atoms with van der Waals surface area (Å²) in [5.74, 6) is 3.63. The maximum atomic E-state index is 5.47. The zero-order valence-corrected chi connectivity index (χ0v) is 14.5. The van der Waals surface area contributed by atoms with E-state index in [1.807, 2.05) is 31.6 Å². The Kier molecular flexibility index (Phi) is 5.24. The zero-order chi connectivity index (χ0) is 16.9. The van der Waals surface area contributed by atoms with Gasteiger partial charge >= 0.3 is 0 Å². The minimum atomic E-state index is 0.362. The van der Waals surface area contributed by atoms with Crippen molar-refractivity contribution in [3.63, 3.8) is 0 Å². The minimum absolute atomic E-state index is 0.362.